The van der Waals surface area contributed by atoms with Crippen molar-refractivity contribution in [2.75, 3.05) is 0 Å². The highest BCUT2D eigenvalue weighted by atomic mass is 15.0. The lowest BCUT2D eigenvalue weighted by molar-refractivity contribution is 1.02. The number of aryl methyl sites for hydroxylation is 2. The first-order valence-electron chi connectivity index (χ1n) is 5.39. The Labute approximate surface area is 93.8 Å². The number of hydrogen-bond donors (Lipinski definition) is 2. The molecule has 0 bridgehead atoms. The molecule has 2 aromatic rings. The minimum Gasteiger partial charge on any atom is -0.370 e. The topological polar surface area (TPSA) is 64.4 Å². The average Bonchev–Trinajstić information content (AvgIpc) is 2.67. The molecule has 0 atom stereocenters. The van der Waals surface area contributed by atoms with Crippen molar-refractivity contribution in [2.45, 2.75) is 12.8 Å². The standard InChI is InChI=1S/C13H13N3/c14-13(15)16-11-7-6-9-5-4-8-2-1-3-10(11)12(8)9/h1-3,6-7H,4-5H2,(H4,14,15,16). The lowest BCUT2D eigenvalue weighted by atomic mass is 10.0. The van der Waals surface area contributed by atoms with Crippen LogP contribution in [-0.4, -0.2) is 5.96 Å². The molecule has 80 valence electrons. The van der Waals surface area contributed by atoms with Gasteiger partial charge in [0.1, 0.15) is 0 Å². The van der Waals surface area contributed by atoms with Crippen LogP contribution < -0.4 is 11.5 Å². The molecule has 0 saturated carbocycles. The van der Waals surface area contributed by atoms with Crippen LogP contribution in [0.5, 0.6) is 0 Å². The Kier molecular flexibility index (Phi) is 1.86. The summed E-state index contributed by atoms with van der Waals surface area (Å²) < 4.78 is 0. The zero-order valence-corrected chi connectivity index (χ0v) is 8.90. The van der Waals surface area contributed by atoms with E-state index in [0.29, 0.717) is 0 Å². The number of hydrogen-bond acceptors (Lipinski definition) is 1. The Morgan fingerprint density at radius 3 is 2.50 bits per heavy atom. The van der Waals surface area contributed by atoms with Gasteiger partial charge in [-0.1, -0.05) is 24.3 Å². The monoisotopic (exact) mass is 211 g/mol. The van der Waals surface area contributed by atoms with E-state index in [1.54, 1.807) is 0 Å². The minimum atomic E-state index is 0.110. The van der Waals surface area contributed by atoms with Gasteiger partial charge in [-0.25, -0.2) is 4.99 Å². The summed E-state index contributed by atoms with van der Waals surface area (Å²) in [4.78, 5) is 4.17. The normalized spacial score (nSPS) is 13.0. The van der Waals surface area contributed by atoms with Crippen LogP contribution in [0.25, 0.3) is 10.8 Å². The first kappa shape index (κ1) is 9.21. The summed E-state index contributed by atoms with van der Waals surface area (Å²) in [5.41, 5.74) is 14.5. The molecule has 0 fully saturated rings. The van der Waals surface area contributed by atoms with E-state index < -0.39 is 0 Å². The van der Waals surface area contributed by atoms with E-state index in [0.717, 1.165) is 23.9 Å². The second-order valence-corrected chi connectivity index (χ2v) is 4.12. The quantitative estimate of drug-likeness (QED) is 0.558. The van der Waals surface area contributed by atoms with Crippen molar-refractivity contribution < 1.29 is 0 Å². The maximum absolute atomic E-state index is 5.43. The van der Waals surface area contributed by atoms with E-state index in [2.05, 4.69) is 29.3 Å². The highest BCUT2D eigenvalue weighted by molar-refractivity contribution is 6.00. The third-order valence-electron chi connectivity index (χ3n) is 3.10. The molecule has 0 aliphatic heterocycles. The number of benzene rings is 2. The Morgan fingerprint density at radius 2 is 1.75 bits per heavy atom. The maximum Gasteiger partial charge on any atom is 0.191 e. The van der Waals surface area contributed by atoms with Crippen molar-refractivity contribution in [3.63, 3.8) is 0 Å². The smallest absolute Gasteiger partial charge is 0.191 e. The third-order valence-corrected chi connectivity index (χ3v) is 3.10. The van der Waals surface area contributed by atoms with Gasteiger partial charge in [-0.2, -0.15) is 0 Å². The van der Waals surface area contributed by atoms with E-state index in [-0.39, 0.29) is 5.96 Å². The zero-order valence-electron chi connectivity index (χ0n) is 8.90. The second kappa shape index (κ2) is 3.23. The lowest BCUT2D eigenvalue weighted by Gasteiger charge is -2.05. The van der Waals surface area contributed by atoms with Crippen molar-refractivity contribution in [1.29, 1.82) is 0 Å². The van der Waals surface area contributed by atoms with Gasteiger partial charge in [0, 0.05) is 5.39 Å². The summed E-state index contributed by atoms with van der Waals surface area (Å²) in [7, 11) is 0. The summed E-state index contributed by atoms with van der Waals surface area (Å²) in [6, 6.07) is 10.4. The van der Waals surface area contributed by atoms with Crippen LogP contribution in [0.3, 0.4) is 0 Å². The first-order valence-corrected chi connectivity index (χ1v) is 5.39. The van der Waals surface area contributed by atoms with Crippen molar-refractivity contribution in [1.82, 2.24) is 0 Å². The third kappa shape index (κ3) is 1.25. The fraction of sp³-hybridized carbons (Fsp3) is 0.154. The molecule has 16 heavy (non-hydrogen) atoms. The average molecular weight is 211 g/mol. The van der Waals surface area contributed by atoms with Crippen LogP contribution in [-0.2, 0) is 12.8 Å². The molecule has 0 spiro atoms. The summed E-state index contributed by atoms with van der Waals surface area (Å²) in [6.07, 6.45) is 2.25. The van der Waals surface area contributed by atoms with E-state index >= 15 is 0 Å². The lowest BCUT2D eigenvalue weighted by Crippen LogP contribution is -2.21. The Balaban J connectivity index is 2.38. The zero-order chi connectivity index (χ0) is 11.1. The van der Waals surface area contributed by atoms with Crippen molar-refractivity contribution in [3.8, 4) is 0 Å². The number of guanidine groups is 1. The van der Waals surface area contributed by atoms with Crippen LogP contribution in [0.4, 0.5) is 5.69 Å². The molecule has 3 rings (SSSR count). The number of aliphatic imine (C=N–C) groups is 1. The molecular weight excluding hydrogens is 198 g/mol. The highest BCUT2D eigenvalue weighted by Gasteiger charge is 2.15. The molecule has 0 unspecified atom stereocenters. The Hall–Kier alpha value is -2.03. The van der Waals surface area contributed by atoms with Crippen molar-refractivity contribution in [3.05, 3.63) is 41.5 Å². The molecular formula is C13H13N3. The number of rotatable bonds is 1. The molecule has 1 aliphatic carbocycles. The van der Waals surface area contributed by atoms with E-state index in [4.69, 9.17) is 11.5 Å². The molecule has 0 saturated heterocycles. The SMILES string of the molecule is NC(N)=Nc1ccc2c3c(cccc13)CC2. The fourth-order valence-electron chi connectivity index (χ4n) is 2.47. The number of nitrogens with two attached hydrogens (primary N) is 2. The highest BCUT2D eigenvalue weighted by Crippen LogP contribution is 2.35. The Morgan fingerprint density at radius 1 is 1.00 bits per heavy atom. The first-order chi connectivity index (χ1) is 7.75. The van der Waals surface area contributed by atoms with Crippen LogP contribution in [0.2, 0.25) is 0 Å². The predicted molar refractivity (Wildman–Crippen MR) is 66.8 cm³/mol. The van der Waals surface area contributed by atoms with Gasteiger partial charge in [-0.05, 0) is 35.4 Å². The molecule has 1 aliphatic rings. The van der Waals surface area contributed by atoms with E-state index in [1.165, 1.54) is 16.5 Å². The van der Waals surface area contributed by atoms with Gasteiger partial charge in [-0.15, -0.1) is 0 Å². The second-order valence-electron chi connectivity index (χ2n) is 4.12. The van der Waals surface area contributed by atoms with Crippen molar-refractivity contribution in [2.24, 2.45) is 16.5 Å². The molecule has 3 nitrogen and oxygen atoms in total. The molecule has 0 heterocycles. The predicted octanol–water partition coefficient (Wildman–Crippen LogP) is 1.84. The summed E-state index contributed by atoms with van der Waals surface area (Å²) >= 11 is 0. The summed E-state index contributed by atoms with van der Waals surface area (Å²) in [5, 5.41) is 2.49. The molecule has 0 radical (unpaired) electrons. The molecule has 0 aromatic heterocycles. The van der Waals surface area contributed by atoms with Crippen LogP contribution in [0, 0.1) is 0 Å². The Bertz CT molecular complexity index is 585. The number of nitrogens with zero attached hydrogens (tertiary/aromatic N) is 1. The van der Waals surface area contributed by atoms with Gasteiger partial charge in [0.15, 0.2) is 5.96 Å². The van der Waals surface area contributed by atoms with E-state index in [1.807, 2.05) is 6.07 Å². The maximum atomic E-state index is 5.43. The summed E-state index contributed by atoms with van der Waals surface area (Å²) in [6.45, 7) is 0. The van der Waals surface area contributed by atoms with Gasteiger partial charge < -0.3 is 11.5 Å². The minimum absolute atomic E-state index is 0.110. The molecule has 3 heteroatoms. The van der Waals surface area contributed by atoms with Crippen LogP contribution in [0.15, 0.2) is 35.3 Å². The van der Waals surface area contributed by atoms with Gasteiger partial charge in [0.2, 0.25) is 0 Å². The van der Waals surface area contributed by atoms with Crippen molar-refractivity contribution >= 4 is 22.4 Å². The van der Waals surface area contributed by atoms with Crippen LogP contribution >= 0.6 is 0 Å². The van der Waals surface area contributed by atoms with Gasteiger partial charge >= 0.3 is 0 Å². The van der Waals surface area contributed by atoms with Gasteiger partial charge in [0.05, 0.1) is 5.69 Å². The van der Waals surface area contributed by atoms with Gasteiger partial charge in [-0.3, -0.25) is 0 Å². The molecule has 0 amide bonds. The van der Waals surface area contributed by atoms with Crippen LogP contribution in [0.1, 0.15) is 11.1 Å². The summed E-state index contributed by atoms with van der Waals surface area (Å²) in [5.74, 6) is 0.110. The van der Waals surface area contributed by atoms with E-state index in [9.17, 15) is 0 Å². The fourth-order valence-corrected chi connectivity index (χ4v) is 2.47. The molecule has 4 N–H and O–H groups in total. The molecule has 2 aromatic carbocycles. The largest absolute Gasteiger partial charge is 0.370 e. The van der Waals surface area contributed by atoms with Gasteiger partial charge in [0.25, 0.3) is 0 Å².